The summed E-state index contributed by atoms with van der Waals surface area (Å²) in [6.07, 6.45) is 1.19. The van der Waals surface area contributed by atoms with Crippen LogP contribution in [0.4, 0.5) is 5.69 Å². The smallest absolute Gasteiger partial charge is 0.274 e. The van der Waals surface area contributed by atoms with Crippen molar-refractivity contribution in [2.45, 2.75) is 40.7 Å². The number of anilines is 1. The molecule has 2 rings (SSSR count). The average Bonchev–Trinajstić information content (AvgIpc) is 2.63. The molecule has 0 saturated carbocycles. The molecule has 5 heteroatoms. The maximum absolute atomic E-state index is 12.7. The minimum absolute atomic E-state index is 0.0263. The summed E-state index contributed by atoms with van der Waals surface area (Å²) in [5.41, 5.74) is 7.85. The van der Waals surface area contributed by atoms with Crippen LogP contribution in [-0.4, -0.2) is 33.7 Å². The summed E-state index contributed by atoms with van der Waals surface area (Å²) in [4.78, 5) is 14.6. The molecule has 2 N–H and O–H groups in total. The van der Waals surface area contributed by atoms with E-state index in [0.29, 0.717) is 29.8 Å². The van der Waals surface area contributed by atoms with Crippen molar-refractivity contribution in [1.82, 2.24) is 14.7 Å². The highest BCUT2D eigenvalue weighted by Gasteiger charge is 2.29. The maximum Gasteiger partial charge on any atom is 0.274 e. The summed E-state index contributed by atoms with van der Waals surface area (Å²) in [5.74, 6) is 1.12. The summed E-state index contributed by atoms with van der Waals surface area (Å²) in [5, 5.41) is 4.33. The molecular formula is C14H24N4O. The lowest BCUT2D eigenvalue weighted by Crippen LogP contribution is -2.43. The molecule has 0 aliphatic carbocycles. The highest BCUT2D eigenvalue weighted by molar-refractivity contribution is 5.98. The van der Waals surface area contributed by atoms with Crippen LogP contribution in [0.1, 0.15) is 43.4 Å². The highest BCUT2D eigenvalue weighted by atomic mass is 16.2. The van der Waals surface area contributed by atoms with Crippen LogP contribution in [0.25, 0.3) is 0 Å². The summed E-state index contributed by atoms with van der Waals surface area (Å²) in [7, 11) is 0. The molecule has 0 radical (unpaired) electrons. The van der Waals surface area contributed by atoms with Gasteiger partial charge in [0.15, 0.2) is 0 Å². The molecule has 1 aliphatic heterocycles. The first-order valence-electron chi connectivity index (χ1n) is 7.06. The van der Waals surface area contributed by atoms with Gasteiger partial charge in [-0.1, -0.05) is 13.8 Å². The minimum atomic E-state index is 0.0263. The molecule has 1 aliphatic rings. The zero-order chi connectivity index (χ0) is 14.2. The number of carbonyl (C=O) groups excluding carboxylic acids is 1. The van der Waals surface area contributed by atoms with E-state index in [1.807, 2.05) is 18.7 Å². The largest absolute Gasteiger partial charge is 0.395 e. The van der Waals surface area contributed by atoms with E-state index < -0.39 is 0 Å². The lowest BCUT2D eigenvalue weighted by atomic mass is 9.91. The molecule has 1 aromatic heterocycles. The van der Waals surface area contributed by atoms with Gasteiger partial charge in [0.25, 0.3) is 5.91 Å². The van der Waals surface area contributed by atoms with Gasteiger partial charge in [0.2, 0.25) is 0 Å². The van der Waals surface area contributed by atoms with Gasteiger partial charge in [0, 0.05) is 19.6 Å². The van der Waals surface area contributed by atoms with E-state index in [1.54, 1.807) is 4.68 Å². The molecule has 2 unspecified atom stereocenters. The summed E-state index contributed by atoms with van der Waals surface area (Å²) in [6.45, 7) is 10.5. The number of aryl methyl sites for hydroxylation is 2. The Kier molecular flexibility index (Phi) is 3.83. The van der Waals surface area contributed by atoms with Gasteiger partial charge in [-0.25, -0.2) is 0 Å². The van der Waals surface area contributed by atoms with Crippen molar-refractivity contribution in [3.63, 3.8) is 0 Å². The Morgan fingerprint density at radius 3 is 2.47 bits per heavy atom. The summed E-state index contributed by atoms with van der Waals surface area (Å²) < 4.78 is 1.72. The highest BCUT2D eigenvalue weighted by Crippen LogP contribution is 2.25. The lowest BCUT2D eigenvalue weighted by Gasteiger charge is -2.35. The second-order valence-electron chi connectivity index (χ2n) is 5.82. The SMILES string of the molecule is CCn1nc(C)c(N)c1C(=O)N1CC(C)CC(C)C1. The molecule has 2 heterocycles. The Bertz CT molecular complexity index is 470. The zero-order valence-corrected chi connectivity index (χ0v) is 12.3. The number of carbonyl (C=O) groups is 1. The Morgan fingerprint density at radius 2 is 1.95 bits per heavy atom. The molecule has 0 aromatic carbocycles. The van der Waals surface area contributed by atoms with Gasteiger partial charge in [0.1, 0.15) is 5.69 Å². The van der Waals surface area contributed by atoms with E-state index in [9.17, 15) is 4.79 Å². The molecule has 106 valence electrons. The van der Waals surface area contributed by atoms with Crippen molar-refractivity contribution in [2.24, 2.45) is 11.8 Å². The van der Waals surface area contributed by atoms with Crippen molar-refractivity contribution in [2.75, 3.05) is 18.8 Å². The molecular weight excluding hydrogens is 240 g/mol. The number of nitrogens with zero attached hydrogens (tertiary/aromatic N) is 3. The van der Waals surface area contributed by atoms with E-state index >= 15 is 0 Å². The molecule has 1 aromatic rings. The minimum Gasteiger partial charge on any atom is -0.395 e. The van der Waals surface area contributed by atoms with Crippen molar-refractivity contribution in [1.29, 1.82) is 0 Å². The predicted molar refractivity (Wildman–Crippen MR) is 75.9 cm³/mol. The van der Waals surface area contributed by atoms with E-state index in [2.05, 4.69) is 18.9 Å². The standard InChI is InChI=1S/C14H24N4O/c1-5-18-13(12(15)11(4)16-18)14(19)17-7-9(2)6-10(3)8-17/h9-10H,5-8,15H2,1-4H3. The topological polar surface area (TPSA) is 64.2 Å². The van der Waals surface area contributed by atoms with Crippen molar-refractivity contribution < 1.29 is 4.79 Å². The number of nitrogen functional groups attached to an aromatic ring is 1. The molecule has 2 atom stereocenters. The number of nitrogens with two attached hydrogens (primary N) is 1. The Morgan fingerprint density at radius 1 is 1.37 bits per heavy atom. The first kappa shape index (κ1) is 13.9. The number of hydrogen-bond donors (Lipinski definition) is 1. The molecule has 19 heavy (non-hydrogen) atoms. The predicted octanol–water partition coefficient (Wildman–Crippen LogP) is 1.91. The third-order valence-corrected chi connectivity index (χ3v) is 3.83. The fourth-order valence-corrected chi connectivity index (χ4v) is 3.03. The van der Waals surface area contributed by atoms with E-state index in [1.165, 1.54) is 6.42 Å². The van der Waals surface area contributed by atoms with Crippen molar-refractivity contribution >= 4 is 11.6 Å². The van der Waals surface area contributed by atoms with Crippen LogP contribution in [0.5, 0.6) is 0 Å². The van der Waals surface area contributed by atoms with Gasteiger partial charge < -0.3 is 10.6 Å². The second kappa shape index (κ2) is 5.23. The molecule has 0 spiro atoms. The number of likely N-dealkylation sites (tertiary alicyclic amines) is 1. The van der Waals surface area contributed by atoms with Gasteiger partial charge in [0.05, 0.1) is 11.4 Å². The average molecular weight is 264 g/mol. The Labute approximate surface area is 114 Å². The Balaban J connectivity index is 2.29. The lowest BCUT2D eigenvalue weighted by molar-refractivity contribution is 0.0612. The van der Waals surface area contributed by atoms with Gasteiger partial charge >= 0.3 is 0 Å². The summed E-state index contributed by atoms with van der Waals surface area (Å²) in [6, 6.07) is 0. The monoisotopic (exact) mass is 264 g/mol. The van der Waals surface area contributed by atoms with Crippen molar-refractivity contribution in [3.05, 3.63) is 11.4 Å². The van der Waals surface area contributed by atoms with Crippen LogP contribution in [0, 0.1) is 18.8 Å². The van der Waals surface area contributed by atoms with Crippen LogP contribution in [0.15, 0.2) is 0 Å². The number of aromatic nitrogens is 2. The number of rotatable bonds is 2. The molecule has 1 fully saturated rings. The van der Waals surface area contributed by atoms with Crippen LogP contribution in [0.2, 0.25) is 0 Å². The maximum atomic E-state index is 12.7. The quantitative estimate of drug-likeness (QED) is 0.887. The Hall–Kier alpha value is -1.52. The normalized spacial score (nSPS) is 23.7. The molecule has 0 bridgehead atoms. The van der Waals surface area contributed by atoms with E-state index in [-0.39, 0.29) is 5.91 Å². The first-order chi connectivity index (χ1) is 8.93. The number of piperidine rings is 1. The molecule has 5 nitrogen and oxygen atoms in total. The zero-order valence-electron chi connectivity index (χ0n) is 12.3. The van der Waals surface area contributed by atoms with Crippen LogP contribution in [-0.2, 0) is 6.54 Å². The fraction of sp³-hybridized carbons (Fsp3) is 0.714. The third kappa shape index (κ3) is 2.60. The third-order valence-electron chi connectivity index (χ3n) is 3.83. The van der Waals surface area contributed by atoms with E-state index in [0.717, 1.165) is 18.8 Å². The van der Waals surface area contributed by atoms with Gasteiger partial charge in [-0.05, 0) is 32.1 Å². The van der Waals surface area contributed by atoms with Crippen molar-refractivity contribution in [3.8, 4) is 0 Å². The van der Waals surface area contributed by atoms with Gasteiger partial charge in [-0.15, -0.1) is 0 Å². The molecule has 1 saturated heterocycles. The van der Waals surface area contributed by atoms with Crippen LogP contribution < -0.4 is 5.73 Å². The van der Waals surface area contributed by atoms with Gasteiger partial charge in [-0.3, -0.25) is 9.48 Å². The number of hydrogen-bond acceptors (Lipinski definition) is 3. The molecule has 1 amide bonds. The van der Waals surface area contributed by atoms with E-state index in [4.69, 9.17) is 5.73 Å². The van der Waals surface area contributed by atoms with Gasteiger partial charge in [-0.2, -0.15) is 5.10 Å². The van der Waals surface area contributed by atoms with Crippen LogP contribution in [0.3, 0.4) is 0 Å². The summed E-state index contributed by atoms with van der Waals surface area (Å²) >= 11 is 0. The number of amides is 1. The van der Waals surface area contributed by atoms with Crippen LogP contribution >= 0.6 is 0 Å². The fourth-order valence-electron chi connectivity index (χ4n) is 3.03. The first-order valence-corrected chi connectivity index (χ1v) is 7.06. The second-order valence-corrected chi connectivity index (χ2v) is 5.82.